The highest BCUT2D eigenvalue weighted by molar-refractivity contribution is 5.81. The number of carbonyl (C=O) groups is 1. The molecule has 0 bridgehead atoms. The van der Waals surface area contributed by atoms with Crippen molar-refractivity contribution in [3.05, 3.63) is 0 Å². The second-order valence-electron chi connectivity index (χ2n) is 1.88. The fourth-order valence-electron chi connectivity index (χ4n) is 0.362. The van der Waals surface area contributed by atoms with Crippen LogP contribution in [0.15, 0.2) is 0 Å². The van der Waals surface area contributed by atoms with Crippen molar-refractivity contribution in [2.45, 2.75) is 19.9 Å². The van der Waals surface area contributed by atoms with Crippen molar-refractivity contribution < 1.29 is 9.53 Å². The van der Waals surface area contributed by atoms with E-state index in [0.29, 0.717) is 13.2 Å². The molecule has 0 aliphatic carbocycles. The normalized spacial score (nSPS) is 13.2. The molecule has 0 radical (unpaired) electrons. The van der Waals surface area contributed by atoms with Crippen LogP contribution in [-0.4, -0.2) is 25.0 Å². The standard InChI is InChI=1S/C6H13NO2/c1-3-9-4-6(7)5(2)8/h6H,3-4,7H2,1-2H3/t6-/m1/s1. The molecule has 0 aliphatic heterocycles. The minimum absolute atomic E-state index is 0.0246. The van der Waals surface area contributed by atoms with Crippen molar-refractivity contribution in [3.8, 4) is 0 Å². The number of nitrogens with two attached hydrogens (primary N) is 1. The number of hydrogen-bond acceptors (Lipinski definition) is 3. The van der Waals surface area contributed by atoms with E-state index in [1.54, 1.807) is 0 Å². The first-order valence-electron chi connectivity index (χ1n) is 3.02. The maximum atomic E-state index is 10.4. The van der Waals surface area contributed by atoms with Gasteiger partial charge in [0.2, 0.25) is 0 Å². The Morgan fingerprint density at radius 3 is 2.67 bits per heavy atom. The second kappa shape index (κ2) is 4.47. The minimum atomic E-state index is -0.440. The summed E-state index contributed by atoms with van der Waals surface area (Å²) in [5.41, 5.74) is 5.33. The highest BCUT2D eigenvalue weighted by atomic mass is 16.5. The Balaban J connectivity index is 3.27. The van der Waals surface area contributed by atoms with Gasteiger partial charge in [-0.25, -0.2) is 0 Å². The Hall–Kier alpha value is -0.410. The van der Waals surface area contributed by atoms with E-state index in [1.165, 1.54) is 6.92 Å². The summed E-state index contributed by atoms with van der Waals surface area (Å²) in [6.07, 6.45) is 0. The third kappa shape index (κ3) is 4.12. The summed E-state index contributed by atoms with van der Waals surface area (Å²) in [5.74, 6) is -0.0246. The molecule has 9 heavy (non-hydrogen) atoms. The average molecular weight is 131 g/mol. The summed E-state index contributed by atoms with van der Waals surface area (Å²) in [4.78, 5) is 10.4. The molecular formula is C6H13NO2. The predicted molar refractivity (Wildman–Crippen MR) is 35.1 cm³/mol. The Morgan fingerprint density at radius 1 is 1.78 bits per heavy atom. The lowest BCUT2D eigenvalue weighted by molar-refractivity contribution is -0.119. The average Bonchev–Trinajstić information content (AvgIpc) is 1.82. The van der Waals surface area contributed by atoms with Gasteiger partial charge in [-0.15, -0.1) is 0 Å². The second-order valence-corrected chi connectivity index (χ2v) is 1.88. The number of hydrogen-bond donors (Lipinski definition) is 1. The molecule has 54 valence electrons. The van der Waals surface area contributed by atoms with Gasteiger partial charge in [0.05, 0.1) is 12.6 Å². The smallest absolute Gasteiger partial charge is 0.148 e. The molecule has 1 atom stereocenters. The van der Waals surface area contributed by atoms with Gasteiger partial charge in [-0.05, 0) is 13.8 Å². The summed E-state index contributed by atoms with van der Waals surface area (Å²) < 4.78 is 4.91. The zero-order chi connectivity index (χ0) is 7.28. The van der Waals surface area contributed by atoms with Crippen molar-refractivity contribution >= 4 is 5.78 Å². The zero-order valence-electron chi connectivity index (χ0n) is 5.89. The van der Waals surface area contributed by atoms with E-state index in [-0.39, 0.29) is 5.78 Å². The number of carbonyl (C=O) groups excluding carboxylic acids is 1. The summed E-state index contributed by atoms with van der Waals surface area (Å²) in [6.45, 7) is 4.28. The van der Waals surface area contributed by atoms with Crippen LogP contribution >= 0.6 is 0 Å². The Labute approximate surface area is 55.2 Å². The molecule has 0 saturated heterocycles. The van der Waals surface area contributed by atoms with Gasteiger partial charge in [-0.1, -0.05) is 0 Å². The van der Waals surface area contributed by atoms with Crippen molar-refractivity contribution in [2.24, 2.45) is 5.73 Å². The Morgan fingerprint density at radius 2 is 2.33 bits per heavy atom. The van der Waals surface area contributed by atoms with Crippen LogP contribution < -0.4 is 5.73 Å². The lowest BCUT2D eigenvalue weighted by Gasteiger charge is -2.05. The summed E-state index contributed by atoms with van der Waals surface area (Å²) in [7, 11) is 0. The summed E-state index contributed by atoms with van der Waals surface area (Å²) in [6, 6.07) is -0.440. The molecule has 0 rings (SSSR count). The predicted octanol–water partition coefficient (Wildman–Crippen LogP) is -0.0608. The number of ketones is 1. The molecule has 0 spiro atoms. The van der Waals surface area contributed by atoms with Gasteiger partial charge in [-0.2, -0.15) is 0 Å². The SMILES string of the molecule is CCOC[C@@H](N)C(C)=O. The molecule has 0 heterocycles. The Bertz CT molecular complexity index is 93.1. The van der Waals surface area contributed by atoms with E-state index in [2.05, 4.69) is 0 Å². The maximum Gasteiger partial charge on any atom is 0.148 e. The van der Waals surface area contributed by atoms with Gasteiger partial charge in [0, 0.05) is 6.61 Å². The van der Waals surface area contributed by atoms with Crippen LogP contribution in [0.25, 0.3) is 0 Å². The first-order chi connectivity index (χ1) is 4.18. The minimum Gasteiger partial charge on any atom is -0.380 e. The monoisotopic (exact) mass is 131 g/mol. The number of Topliss-reactive ketones (excluding diaryl/α,β-unsaturated/α-hetero) is 1. The number of ether oxygens (including phenoxy) is 1. The fraction of sp³-hybridized carbons (Fsp3) is 0.833. The molecule has 3 nitrogen and oxygen atoms in total. The van der Waals surface area contributed by atoms with Crippen LogP contribution in [0.4, 0.5) is 0 Å². The molecule has 0 amide bonds. The third-order valence-electron chi connectivity index (χ3n) is 1.02. The van der Waals surface area contributed by atoms with Gasteiger partial charge in [0.1, 0.15) is 5.78 Å². The molecule has 3 heteroatoms. The molecule has 0 aliphatic rings. The molecule has 0 aromatic carbocycles. The van der Waals surface area contributed by atoms with Crippen molar-refractivity contribution in [2.75, 3.05) is 13.2 Å². The largest absolute Gasteiger partial charge is 0.380 e. The van der Waals surface area contributed by atoms with Crippen LogP contribution in [0.1, 0.15) is 13.8 Å². The van der Waals surface area contributed by atoms with E-state index in [1.807, 2.05) is 6.92 Å². The number of rotatable bonds is 4. The van der Waals surface area contributed by atoms with Crippen molar-refractivity contribution in [1.82, 2.24) is 0 Å². The molecule has 0 saturated carbocycles. The van der Waals surface area contributed by atoms with E-state index < -0.39 is 6.04 Å². The first-order valence-corrected chi connectivity index (χ1v) is 3.02. The lowest BCUT2D eigenvalue weighted by atomic mass is 10.2. The molecule has 0 aromatic rings. The Kier molecular flexibility index (Phi) is 4.26. The highest BCUT2D eigenvalue weighted by Gasteiger charge is 2.05. The molecule has 0 fully saturated rings. The van der Waals surface area contributed by atoms with Gasteiger partial charge in [0.25, 0.3) is 0 Å². The van der Waals surface area contributed by atoms with Crippen molar-refractivity contribution in [1.29, 1.82) is 0 Å². The van der Waals surface area contributed by atoms with Crippen LogP contribution in [-0.2, 0) is 9.53 Å². The maximum absolute atomic E-state index is 10.4. The molecule has 0 aromatic heterocycles. The van der Waals surface area contributed by atoms with E-state index >= 15 is 0 Å². The topological polar surface area (TPSA) is 52.3 Å². The van der Waals surface area contributed by atoms with Gasteiger partial charge in [0.15, 0.2) is 0 Å². The lowest BCUT2D eigenvalue weighted by Crippen LogP contribution is -2.33. The summed E-state index contributed by atoms with van der Waals surface area (Å²) in [5, 5.41) is 0. The molecule has 0 unspecified atom stereocenters. The molecular weight excluding hydrogens is 118 g/mol. The van der Waals surface area contributed by atoms with Crippen LogP contribution in [0.3, 0.4) is 0 Å². The van der Waals surface area contributed by atoms with Crippen molar-refractivity contribution in [3.63, 3.8) is 0 Å². The van der Waals surface area contributed by atoms with Gasteiger partial charge < -0.3 is 10.5 Å². The summed E-state index contributed by atoms with van der Waals surface area (Å²) >= 11 is 0. The van der Waals surface area contributed by atoms with E-state index in [0.717, 1.165) is 0 Å². The van der Waals surface area contributed by atoms with Crippen LogP contribution in [0, 0.1) is 0 Å². The molecule has 2 N–H and O–H groups in total. The van der Waals surface area contributed by atoms with Crippen LogP contribution in [0.5, 0.6) is 0 Å². The zero-order valence-corrected chi connectivity index (χ0v) is 5.89. The third-order valence-corrected chi connectivity index (χ3v) is 1.02. The fourth-order valence-corrected chi connectivity index (χ4v) is 0.362. The van der Waals surface area contributed by atoms with Gasteiger partial charge >= 0.3 is 0 Å². The highest BCUT2D eigenvalue weighted by Crippen LogP contribution is 1.82. The van der Waals surface area contributed by atoms with Gasteiger partial charge in [-0.3, -0.25) is 4.79 Å². The van der Waals surface area contributed by atoms with E-state index in [4.69, 9.17) is 10.5 Å². The first kappa shape index (κ1) is 8.59. The quantitative estimate of drug-likeness (QED) is 0.581. The van der Waals surface area contributed by atoms with Crippen LogP contribution in [0.2, 0.25) is 0 Å². The van der Waals surface area contributed by atoms with E-state index in [9.17, 15) is 4.79 Å².